The zero-order valence-corrected chi connectivity index (χ0v) is 11.8. The molecular formula is C13H17N3OS. The SMILES string of the molecule is CNC(C)c1cccnc1Sc1nc(C)c(C)o1. The molecule has 2 aromatic heterocycles. The van der Waals surface area contributed by atoms with E-state index in [1.165, 1.54) is 11.8 Å². The van der Waals surface area contributed by atoms with Crippen LogP contribution in [-0.4, -0.2) is 17.0 Å². The van der Waals surface area contributed by atoms with Gasteiger partial charge in [-0.25, -0.2) is 9.97 Å². The lowest BCUT2D eigenvalue weighted by Gasteiger charge is -2.13. The van der Waals surface area contributed by atoms with Gasteiger partial charge in [-0.15, -0.1) is 0 Å². The molecule has 1 unspecified atom stereocenters. The molecule has 0 saturated carbocycles. The Morgan fingerprint density at radius 3 is 2.78 bits per heavy atom. The predicted octanol–water partition coefficient (Wildman–Crippen LogP) is 3.12. The van der Waals surface area contributed by atoms with E-state index < -0.39 is 0 Å². The van der Waals surface area contributed by atoms with Crippen LogP contribution in [0.4, 0.5) is 0 Å². The third kappa shape index (κ3) is 2.73. The second-order valence-electron chi connectivity index (χ2n) is 4.13. The van der Waals surface area contributed by atoms with Crippen LogP contribution in [0, 0.1) is 13.8 Å². The number of hydrogen-bond donors (Lipinski definition) is 1. The number of pyridine rings is 1. The van der Waals surface area contributed by atoms with Crippen molar-refractivity contribution in [1.82, 2.24) is 15.3 Å². The largest absolute Gasteiger partial charge is 0.436 e. The van der Waals surface area contributed by atoms with Crippen molar-refractivity contribution in [3.8, 4) is 0 Å². The Morgan fingerprint density at radius 2 is 2.17 bits per heavy atom. The lowest BCUT2D eigenvalue weighted by molar-refractivity contribution is 0.430. The highest BCUT2D eigenvalue weighted by molar-refractivity contribution is 7.99. The van der Waals surface area contributed by atoms with Gasteiger partial charge in [0.2, 0.25) is 0 Å². The van der Waals surface area contributed by atoms with Crippen LogP contribution in [-0.2, 0) is 0 Å². The number of rotatable bonds is 4. The summed E-state index contributed by atoms with van der Waals surface area (Å²) in [5, 5.41) is 4.80. The first kappa shape index (κ1) is 13.1. The zero-order valence-electron chi connectivity index (χ0n) is 11.0. The highest BCUT2D eigenvalue weighted by Gasteiger charge is 2.14. The molecule has 2 rings (SSSR count). The average molecular weight is 263 g/mol. The topological polar surface area (TPSA) is 51.0 Å². The lowest BCUT2D eigenvalue weighted by atomic mass is 10.1. The van der Waals surface area contributed by atoms with Crippen LogP contribution in [0.2, 0.25) is 0 Å². The molecule has 0 radical (unpaired) electrons. The number of oxazole rings is 1. The minimum Gasteiger partial charge on any atom is -0.436 e. The van der Waals surface area contributed by atoms with Crippen LogP contribution in [0.25, 0.3) is 0 Å². The lowest BCUT2D eigenvalue weighted by Crippen LogP contribution is -2.13. The zero-order chi connectivity index (χ0) is 13.1. The summed E-state index contributed by atoms with van der Waals surface area (Å²) < 4.78 is 5.58. The number of nitrogens with one attached hydrogen (secondary N) is 1. The van der Waals surface area contributed by atoms with Gasteiger partial charge in [-0.1, -0.05) is 6.07 Å². The Labute approximate surface area is 111 Å². The molecule has 96 valence electrons. The molecule has 0 aromatic carbocycles. The second kappa shape index (κ2) is 5.54. The quantitative estimate of drug-likeness (QED) is 0.918. The summed E-state index contributed by atoms with van der Waals surface area (Å²) >= 11 is 1.46. The van der Waals surface area contributed by atoms with E-state index in [0.29, 0.717) is 5.22 Å². The van der Waals surface area contributed by atoms with Gasteiger partial charge >= 0.3 is 0 Å². The summed E-state index contributed by atoms with van der Waals surface area (Å²) in [6.07, 6.45) is 1.79. The second-order valence-corrected chi connectivity index (χ2v) is 5.07. The van der Waals surface area contributed by atoms with E-state index in [2.05, 4.69) is 28.3 Å². The van der Waals surface area contributed by atoms with Crippen LogP contribution >= 0.6 is 11.8 Å². The van der Waals surface area contributed by atoms with E-state index in [1.54, 1.807) is 6.20 Å². The third-order valence-electron chi connectivity index (χ3n) is 2.89. The Bertz CT molecular complexity index is 519. The van der Waals surface area contributed by atoms with Crippen molar-refractivity contribution in [3.63, 3.8) is 0 Å². The van der Waals surface area contributed by atoms with Crippen LogP contribution in [0.3, 0.4) is 0 Å². The smallest absolute Gasteiger partial charge is 0.262 e. The molecule has 0 fully saturated rings. The normalized spacial score (nSPS) is 12.7. The number of aryl methyl sites for hydroxylation is 2. The fraction of sp³-hybridized carbons (Fsp3) is 0.385. The maximum atomic E-state index is 5.58. The van der Waals surface area contributed by atoms with Crippen LogP contribution in [0.1, 0.15) is 30.0 Å². The Morgan fingerprint density at radius 1 is 1.39 bits per heavy atom. The maximum Gasteiger partial charge on any atom is 0.262 e. The fourth-order valence-corrected chi connectivity index (χ4v) is 2.53. The molecule has 5 heteroatoms. The first-order chi connectivity index (χ1) is 8.61. The van der Waals surface area contributed by atoms with Crippen molar-refractivity contribution in [2.45, 2.75) is 37.1 Å². The van der Waals surface area contributed by atoms with Gasteiger partial charge in [0.1, 0.15) is 10.8 Å². The van der Waals surface area contributed by atoms with Crippen molar-refractivity contribution >= 4 is 11.8 Å². The van der Waals surface area contributed by atoms with Crippen molar-refractivity contribution < 1.29 is 4.42 Å². The van der Waals surface area contributed by atoms with Crippen molar-refractivity contribution in [1.29, 1.82) is 0 Å². The monoisotopic (exact) mass is 263 g/mol. The minimum absolute atomic E-state index is 0.248. The maximum absolute atomic E-state index is 5.58. The molecule has 2 heterocycles. The summed E-state index contributed by atoms with van der Waals surface area (Å²) in [7, 11) is 1.94. The molecule has 0 saturated heterocycles. The molecule has 0 aliphatic rings. The molecule has 0 spiro atoms. The Kier molecular flexibility index (Phi) is 4.04. The molecule has 0 aliphatic heterocycles. The molecule has 0 aliphatic carbocycles. The van der Waals surface area contributed by atoms with Crippen molar-refractivity contribution in [2.24, 2.45) is 0 Å². The van der Waals surface area contributed by atoms with Gasteiger partial charge < -0.3 is 9.73 Å². The predicted molar refractivity (Wildman–Crippen MR) is 71.8 cm³/mol. The van der Waals surface area contributed by atoms with Crippen LogP contribution in [0.5, 0.6) is 0 Å². The molecular weight excluding hydrogens is 246 g/mol. The molecule has 0 bridgehead atoms. The van der Waals surface area contributed by atoms with E-state index in [0.717, 1.165) is 22.0 Å². The third-order valence-corrected chi connectivity index (χ3v) is 3.78. The first-order valence-corrected chi connectivity index (χ1v) is 6.67. The van der Waals surface area contributed by atoms with E-state index >= 15 is 0 Å². The summed E-state index contributed by atoms with van der Waals surface area (Å²) in [6, 6.07) is 4.26. The molecule has 1 atom stereocenters. The highest BCUT2D eigenvalue weighted by Crippen LogP contribution is 2.31. The summed E-state index contributed by atoms with van der Waals surface area (Å²) in [6.45, 7) is 5.97. The van der Waals surface area contributed by atoms with Gasteiger partial charge in [0, 0.05) is 17.8 Å². The number of nitrogens with zero attached hydrogens (tertiary/aromatic N) is 2. The first-order valence-electron chi connectivity index (χ1n) is 5.86. The highest BCUT2D eigenvalue weighted by atomic mass is 32.2. The summed E-state index contributed by atoms with van der Waals surface area (Å²) in [5.41, 5.74) is 2.08. The van der Waals surface area contributed by atoms with Crippen molar-refractivity contribution in [2.75, 3.05) is 7.05 Å². The minimum atomic E-state index is 0.248. The molecule has 18 heavy (non-hydrogen) atoms. The van der Waals surface area contributed by atoms with Crippen molar-refractivity contribution in [3.05, 3.63) is 35.3 Å². The van der Waals surface area contributed by atoms with Gasteiger partial charge in [0.05, 0.1) is 5.69 Å². The Balaban J connectivity index is 2.28. The summed E-state index contributed by atoms with van der Waals surface area (Å²) in [5.74, 6) is 0.858. The molecule has 1 N–H and O–H groups in total. The molecule has 4 nitrogen and oxygen atoms in total. The van der Waals surface area contributed by atoms with Gasteiger partial charge in [-0.3, -0.25) is 0 Å². The van der Waals surface area contributed by atoms with E-state index in [9.17, 15) is 0 Å². The number of aromatic nitrogens is 2. The van der Waals surface area contributed by atoms with Gasteiger partial charge in [-0.2, -0.15) is 0 Å². The van der Waals surface area contributed by atoms with Gasteiger partial charge in [0.15, 0.2) is 0 Å². The van der Waals surface area contributed by atoms with Gasteiger partial charge in [-0.05, 0) is 45.6 Å². The average Bonchev–Trinajstić information content (AvgIpc) is 2.68. The molecule has 2 aromatic rings. The fourth-order valence-electron chi connectivity index (χ4n) is 1.54. The number of hydrogen-bond acceptors (Lipinski definition) is 5. The van der Waals surface area contributed by atoms with E-state index in [1.807, 2.05) is 27.0 Å². The standard InChI is InChI=1S/C13H17N3OS/c1-8-10(3)17-13(16-8)18-12-11(9(2)14-4)6-5-7-15-12/h5-7,9,14H,1-4H3. The van der Waals surface area contributed by atoms with E-state index in [4.69, 9.17) is 4.42 Å². The van der Waals surface area contributed by atoms with Gasteiger partial charge in [0.25, 0.3) is 5.22 Å². The summed E-state index contributed by atoms with van der Waals surface area (Å²) in [4.78, 5) is 8.77. The van der Waals surface area contributed by atoms with Crippen LogP contribution in [0.15, 0.2) is 33.0 Å². The molecule has 0 amide bonds. The van der Waals surface area contributed by atoms with E-state index in [-0.39, 0.29) is 6.04 Å². The Hall–Kier alpha value is -1.33. The van der Waals surface area contributed by atoms with Crippen LogP contribution < -0.4 is 5.32 Å².